The first-order chi connectivity index (χ1) is 9.29. The molecular formula is C19H25N. The average molecular weight is 267 g/mol. The molecule has 1 nitrogen and oxygen atoms in total. The van der Waals surface area contributed by atoms with E-state index in [9.17, 15) is 0 Å². The van der Waals surface area contributed by atoms with Gasteiger partial charge in [0.15, 0.2) is 0 Å². The van der Waals surface area contributed by atoms with Crippen molar-refractivity contribution in [1.82, 2.24) is 4.98 Å². The molecule has 0 fully saturated rings. The first-order valence-corrected chi connectivity index (χ1v) is 7.29. The normalized spacial score (nSPS) is 12.4. The highest BCUT2D eigenvalue weighted by Gasteiger charge is 2.22. The SMILES string of the molecule is CC(C)(C)c1cccc(CC(C)(C)c2ccncc2)c1. The van der Waals surface area contributed by atoms with E-state index in [1.165, 1.54) is 16.7 Å². The number of aromatic nitrogens is 1. The lowest BCUT2D eigenvalue weighted by molar-refractivity contribution is 0.519. The Balaban J connectivity index is 2.26. The summed E-state index contributed by atoms with van der Waals surface area (Å²) in [5, 5.41) is 0. The van der Waals surface area contributed by atoms with Gasteiger partial charge in [0.2, 0.25) is 0 Å². The Morgan fingerprint density at radius 2 is 1.50 bits per heavy atom. The number of hydrogen-bond acceptors (Lipinski definition) is 1. The molecular weight excluding hydrogens is 242 g/mol. The Morgan fingerprint density at radius 3 is 2.10 bits per heavy atom. The van der Waals surface area contributed by atoms with Gasteiger partial charge in [0, 0.05) is 12.4 Å². The second-order valence-corrected chi connectivity index (χ2v) is 7.25. The highest BCUT2D eigenvalue weighted by atomic mass is 14.6. The van der Waals surface area contributed by atoms with Crippen LogP contribution in [0.25, 0.3) is 0 Å². The van der Waals surface area contributed by atoms with Crippen LogP contribution in [0.4, 0.5) is 0 Å². The van der Waals surface area contributed by atoms with Crippen molar-refractivity contribution < 1.29 is 0 Å². The van der Waals surface area contributed by atoms with Gasteiger partial charge < -0.3 is 0 Å². The molecule has 0 saturated carbocycles. The summed E-state index contributed by atoms with van der Waals surface area (Å²) in [6.45, 7) is 11.4. The highest BCUT2D eigenvalue weighted by molar-refractivity contribution is 5.32. The fourth-order valence-corrected chi connectivity index (χ4v) is 2.56. The summed E-state index contributed by atoms with van der Waals surface area (Å²) in [6.07, 6.45) is 4.80. The number of benzene rings is 1. The van der Waals surface area contributed by atoms with Crippen molar-refractivity contribution >= 4 is 0 Å². The minimum Gasteiger partial charge on any atom is -0.265 e. The van der Waals surface area contributed by atoms with Gasteiger partial charge in [-0.15, -0.1) is 0 Å². The molecule has 20 heavy (non-hydrogen) atoms. The molecule has 1 heteroatoms. The van der Waals surface area contributed by atoms with Crippen LogP contribution in [0.1, 0.15) is 51.3 Å². The number of nitrogens with zero attached hydrogens (tertiary/aromatic N) is 1. The molecule has 1 heterocycles. The van der Waals surface area contributed by atoms with Crippen molar-refractivity contribution in [2.75, 3.05) is 0 Å². The van der Waals surface area contributed by atoms with Crippen molar-refractivity contribution in [3.05, 3.63) is 65.5 Å². The lowest BCUT2D eigenvalue weighted by Gasteiger charge is -2.26. The summed E-state index contributed by atoms with van der Waals surface area (Å²) in [5.74, 6) is 0. The van der Waals surface area contributed by atoms with Crippen LogP contribution in [0.2, 0.25) is 0 Å². The Hall–Kier alpha value is -1.63. The minimum absolute atomic E-state index is 0.124. The van der Waals surface area contributed by atoms with Crippen molar-refractivity contribution in [1.29, 1.82) is 0 Å². The average Bonchev–Trinajstić information content (AvgIpc) is 2.38. The molecule has 0 aliphatic heterocycles. The van der Waals surface area contributed by atoms with Crippen molar-refractivity contribution in [3.63, 3.8) is 0 Å². The van der Waals surface area contributed by atoms with Crippen LogP contribution in [-0.4, -0.2) is 4.98 Å². The molecule has 0 N–H and O–H groups in total. The van der Waals surface area contributed by atoms with Crippen LogP contribution in [0.5, 0.6) is 0 Å². The van der Waals surface area contributed by atoms with Crippen molar-refractivity contribution in [3.8, 4) is 0 Å². The number of rotatable bonds is 3. The maximum Gasteiger partial charge on any atom is 0.0270 e. The van der Waals surface area contributed by atoms with E-state index >= 15 is 0 Å². The smallest absolute Gasteiger partial charge is 0.0270 e. The fourth-order valence-electron chi connectivity index (χ4n) is 2.56. The van der Waals surface area contributed by atoms with Gasteiger partial charge in [0.05, 0.1) is 0 Å². The molecule has 0 bridgehead atoms. The molecule has 0 atom stereocenters. The first-order valence-electron chi connectivity index (χ1n) is 7.29. The third-order valence-corrected chi connectivity index (χ3v) is 3.90. The molecule has 0 amide bonds. The topological polar surface area (TPSA) is 12.9 Å². The molecule has 0 spiro atoms. The lowest BCUT2D eigenvalue weighted by Crippen LogP contribution is -2.21. The molecule has 0 saturated heterocycles. The molecule has 2 aromatic rings. The number of hydrogen-bond donors (Lipinski definition) is 0. The molecule has 1 aromatic heterocycles. The highest BCUT2D eigenvalue weighted by Crippen LogP contribution is 2.29. The van der Waals surface area contributed by atoms with Gasteiger partial charge in [-0.25, -0.2) is 0 Å². The van der Waals surface area contributed by atoms with Gasteiger partial charge in [0.1, 0.15) is 0 Å². The largest absolute Gasteiger partial charge is 0.265 e. The first kappa shape index (κ1) is 14.8. The third kappa shape index (κ3) is 3.47. The van der Waals surface area contributed by atoms with Crippen LogP contribution < -0.4 is 0 Å². The van der Waals surface area contributed by atoms with Crippen LogP contribution in [0.15, 0.2) is 48.8 Å². The van der Waals surface area contributed by atoms with Gasteiger partial charge in [-0.05, 0) is 46.1 Å². The van der Waals surface area contributed by atoms with E-state index in [2.05, 4.69) is 76.0 Å². The molecule has 0 aliphatic rings. The Morgan fingerprint density at radius 1 is 0.850 bits per heavy atom. The number of pyridine rings is 1. The maximum atomic E-state index is 4.11. The van der Waals surface area contributed by atoms with Gasteiger partial charge >= 0.3 is 0 Å². The van der Waals surface area contributed by atoms with E-state index < -0.39 is 0 Å². The maximum absolute atomic E-state index is 4.11. The van der Waals surface area contributed by atoms with Crippen LogP contribution in [-0.2, 0) is 17.3 Å². The summed E-state index contributed by atoms with van der Waals surface area (Å²) in [5.41, 5.74) is 4.48. The zero-order valence-electron chi connectivity index (χ0n) is 13.3. The summed E-state index contributed by atoms with van der Waals surface area (Å²) in [6, 6.07) is 13.2. The minimum atomic E-state index is 0.124. The quantitative estimate of drug-likeness (QED) is 0.771. The summed E-state index contributed by atoms with van der Waals surface area (Å²) < 4.78 is 0. The van der Waals surface area contributed by atoms with E-state index in [0.717, 1.165) is 6.42 Å². The van der Waals surface area contributed by atoms with Crippen LogP contribution in [0, 0.1) is 0 Å². The predicted molar refractivity (Wildman–Crippen MR) is 86.1 cm³/mol. The molecule has 0 aliphatic carbocycles. The van der Waals surface area contributed by atoms with E-state index in [-0.39, 0.29) is 10.8 Å². The summed E-state index contributed by atoms with van der Waals surface area (Å²) >= 11 is 0. The Kier molecular flexibility index (Phi) is 3.99. The lowest BCUT2D eigenvalue weighted by atomic mass is 9.78. The molecule has 0 radical (unpaired) electrons. The van der Waals surface area contributed by atoms with Gasteiger partial charge in [0.25, 0.3) is 0 Å². The Labute approximate surface area is 123 Å². The second-order valence-electron chi connectivity index (χ2n) is 7.25. The van der Waals surface area contributed by atoms with Crippen LogP contribution >= 0.6 is 0 Å². The Bertz CT molecular complexity index is 562. The summed E-state index contributed by atoms with van der Waals surface area (Å²) in [4.78, 5) is 4.11. The standard InChI is InChI=1S/C19H25N/c1-18(2,3)17-8-6-7-15(13-17)14-19(4,5)16-9-11-20-12-10-16/h6-13H,14H2,1-5H3. The second kappa shape index (κ2) is 5.40. The zero-order valence-corrected chi connectivity index (χ0v) is 13.3. The molecule has 106 valence electrons. The van der Waals surface area contributed by atoms with E-state index in [1.54, 1.807) is 0 Å². The van der Waals surface area contributed by atoms with Crippen molar-refractivity contribution in [2.24, 2.45) is 0 Å². The predicted octanol–water partition coefficient (Wildman–Crippen LogP) is 4.90. The molecule has 2 rings (SSSR count). The monoisotopic (exact) mass is 267 g/mol. The zero-order chi connectivity index (χ0) is 14.8. The molecule has 1 aromatic carbocycles. The van der Waals surface area contributed by atoms with E-state index in [0.29, 0.717) is 0 Å². The fraction of sp³-hybridized carbons (Fsp3) is 0.421. The van der Waals surface area contributed by atoms with Gasteiger partial charge in [-0.3, -0.25) is 4.98 Å². The van der Waals surface area contributed by atoms with Crippen molar-refractivity contribution in [2.45, 2.75) is 51.9 Å². The summed E-state index contributed by atoms with van der Waals surface area (Å²) in [7, 11) is 0. The molecule has 0 unspecified atom stereocenters. The van der Waals surface area contributed by atoms with E-state index in [4.69, 9.17) is 0 Å². The van der Waals surface area contributed by atoms with Gasteiger partial charge in [-0.2, -0.15) is 0 Å². The van der Waals surface area contributed by atoms with Gasteiger partial charge in [-0.1, -0.05) is 58.9 Å². The third-order valence-electron chi connectivity index (χ3n) is 3.90. The van der Waals surface area contributed by atoms with E-state index in [1.807, 2.05) is 12.4 Å². The van der Waals surface area contributed by atoms with Crippen LogP contribution in [0.3, 0.4) is 0 Å².